The zero-order valence-corrected chi connectivity index (χ0v) is 15.8. The first-order chi connectivity index (χ1) is 12.0. The number of nitrogens with one attached hydrogen (secondary N) is 1. The van der Waals surface area contributed by atoms with Crippen LogP contribution in [-0.2, 0) is 11.2 Å². The minimum atomic E-state index is -0.0975. The molecule has 0 spiro atoms. The van der Waals surface area contributed by atoms with E-state index in [1.807, 2.05) is 25.1 Å². The molecule has 1 N–H and O–H groups in total. The van der Waals surface area contributed by atoms with Crippen molar-refractivity contribution in [1.82, 2.24) is 5.32 Å². The normalized spacial score (nSPS) is 15.6. The molecule has 0 aliphatic carbocycles. The molecule has 3 rings (SSSR count). The van der Waals surface area contributed by atoms with Crippen molar-refractivity contribution in [2.75, 3.05) is 6.54 Å². The molecule has 1 aromatic carbocycles. The summed E-state index contributed by atoms with van der Waals surface area (Å²) in [6, 6.07) is 7.71. The monoisotopic (exact) mass is 377 g/mol. The Balaban J connectivity index is 1.74. The number of hydrogen-bond donors (Lipinski definition) is 1. The lowest BCUT2D eigenvalue weighted by Gasteiger charge is -2.12. The Morgan fingerprint density at radius 3 is 2.84 bits per heavy atom. The number of carbonyl (C=O) groups is 2. The maximum Gasteiger partial charge on any atom is 0.220 e. The van der Waals surface area contributed by atoms with E-state index in [4.69, 9.17) is 16.3 Å². The van der Waals surface area contributed by atoms with E-state index in [1.165, 1.54) is 11.3 Å². The van der Waals surface area contributed by atoms with Crippen LogP contribution in [0.2, 0.25) is 5.02 Å². The molecule has 1 aliphatic heterocycles. The lowest BCUT2D eigenvalue weighted by atomic mass is 10.1. The standard InChI is InChI=1S/C19H20ClNO3S/c1-3-4-18(23)21-10-14-8-13-7-12(9-15(20)19(13)24-14)17-6-5-16(25-17)11(2)22/h5-7,9,14H,3-4,8,10H2,1-2H3,(H,21,23). The Bertz CT molecular complexity index is 815. The molecular weight excluding hydrogens is 358 g/mol. The summed E-state index contributed by atoms with van der Waals surface area (Å²) >= 11 is 7.86. The second-order valence-electron chi connectivity index (χ2n) is 6.16. The summed E-state index contributed by atoms with van der Waals surface area (Å²) in [5.41, 5.74) is 2.02. The van der Waals surface area contributed by atoms with Gasteiger partial charge in [-0.3, -0.25) is 9.59 Å². The SMILES string of the molecule is CCCC(=O)NCC1Cc2cc(-c3ccc(C(C)=O)s3)cc(Cl)c2O1. The van der Waals surface area contributed by atoms with E-state index in [1.54, 1.807) is 6.92 Å². The van der Waals surface area contributed by atoms with Crippen LogP contribution in [0.1, 0.15) is 41.9 Å². The lowest BCUT2D eigenvalue weighted by molar-refractivity contribution is -0.121. The number of halogens is 1. The third-order valence-electron chi connectivity index (χ3n) is 4.09. The van der Waals surface area contributed by atoms with Crippen molar-refractivity contribution in [2.24, 2.45) is 0 Å². The fourth-order valence-corrected chi connectivity index (χ4v) is 4.04. The molecule has 25 heavy (non-hydrogen) atoms. The fraction of sp³-hybridized carbons (Fsp3) is 0.368. The number of benzene rings is 1. The predicted molar refractivity (Wildman–Crippen MR) is 101 cm³/mol. The molecule has 0 fully saturated rings. The van der Waals surface area contributed by atoms with E-state index in [-0.39, 0.29) is 17.8 Å². The van der Waals surface area contributed by atoms with Crippen LogP contribution in [0.4, 0.5) is 0 Å². The summed E-state index contributed by atoms with van der Waals surface area (Å²) in [5, 5.41) is 3.46. The molecular formula is C19H20ClNO3S. The fourth-order valence-electron chi connectivity index (χ4n) is 2.87. The maximum absolute atomic E-state index is 11.6. The van der Waals surface area contributed by atoms with Crippen LogP contribution in [-0.4, -0.2) is 24.3 Å². The molecule has 132 valence electrons. The van der Waals surface area contributed by atoms with Crippen molar-refractivity contribution in [1.29, 1.82) is 0 Å². The van der Waals surface area contributed by atoms with Gasteiger partial charge >= 0.3 is 0 Å². The number of thiophene rings is 1. The largest absolute Gasteiger partial charge is 0.486 e. The molecule has 1 aromatic heterocycles. The number of ether oxygens (including phenoxy) is 1. The van der Waals surface area contributed by atoms with Gasteiger partial charge in [0.1, 0.15) is 11.9 Å². The number of fused-ring (bicyclic) bond motifs is 1. The van der Waals surface area contributed by atoms with Gasteiger partial charge in [0.2, 0.25) is 5.91 Å². The van der Waals surface area contributed by atoms with E-state index < -0.39 is 0 Å². The van der Waals surface area contributed by atoms with E-state index >= 15 is 0 Å². The summed E-state index contributed by atoms with van der Waals surface area (Å²) in [4.78, 5) is 24.9. The van der Waals surface area contributed by atoms with Crippen molar-refractivity contribution in [3.63, 3.8) is 0 Å². The first kappa shape index (κ1) is 18.0. The van der Waals surface area contributed by atoms with E-state index in [0.717, 1.165) is 27.3 Å². The van der Waals surface area contributed by atoms with Gasteiger partial charge in [-0.25, -0.2) is 0 Å². The van der Waals surface area contributed by atoms with E-state index in [0.29, 0.717) is 30.2 Å². The van der Waals surface area contributed by atoms with Gasteiger partial charge < -0.3 is 10.1 Å². The van der Waals surface area contributed by atoms with Crippen LogP contribution >= 0.6 is 22.9 Å². The number of carbonyl (C=O) groups excluding carboxylic acids is 2. The quantitative estimate of drug-likeness (QED) is 0.754. The molecule has 6 heteroatoms. The molecule has 2 aromatic rings. The van der Waals surface area contributed by atoms with Gasteiger partial charge in [-0.05, 0) is 43.2 Å². The van der Waals surface area contributed by atoms with Gasteiger partial charge in [-0.1, -0.05) is 18.5 Å². The third-order valence-corrected chi connectivity index (χ3v) is 5.61. The van der Waals surface area contributed by atoms with Crippen LogP contribution in [0.15, 0.2) is 24.3 Å². The molecule has 2 heterocycles. The number of amides is 1. The van der Waals surface area contributed by atoms with Gasteiger partial charge in [0.25, 0.3) is 0 Å². The van der Waals surface area contributed by atoms with Crippen molar-refractivity contribution in [2.45, 2.75) is 39.2 Å². The van der Waals surface area contributed by atoms with Crippen molar-refractivity contribution < 1.29 is 14.3 Å². The summed E-state index contributed by atoms with van der Waals surface area (Å²) in [6.45, 7) is 4.02. The average Bonchev–Trinajstić information content (AvgIpc) is 3.20. The Morgan fingerprint density at radius 2 is 2.16 bits per heavy atom. The number of ketones is 1. The highest BCUT2D eigenvalue weighted by atomic mass is 35.5. The molecule has 0 saturated heterocycles. The minimum absolute atomic E-state index is 0.0455. The first-order valence-corrected chi connectivity index (χ1v) is 9.54. The Morgan fingerprint density at radius 1 is 1.36 bits per heavy atom. The zero-order valence-electron chi connectivity index (χ0n) is 14.2. The third kappa shape index (κ3) is 4.05. The van der Waals surface area contributed by atoms with E-state index in [2.05, 4.69) is 11.4 Å². The first-order valence-electron chi connectivity index (χ1n) is 8.34. The van der Waals surface area contributed by atoms with Crippen LogP contribution in [0.25, 0.3) is 10.4 Å². The topological polar surface area (TPSA) is 55.4 Å². The second kappa shape index (κ2) is 7.58. The molecule has 4 nitrogen and oxygen atoms in total. The van der Waals surface area contributed by atoms with Gasteiger partial charge in [-0.2, -0.15) is 0 Å². The van der Waals surface area contributed by atoms with Gasteiger partial charge in [0.15, 0.2) is 5.78 Å². The molecule has 1 amide bonds. The summed E-state index contributed by atoms with van der Waals surface area (Å²) < 4.78 is 5.90. The highest BCUT2D eigenvalue weighted by Crippen LogP contribution is 2.41. The predicted octanol–water partition coefficient (Wildman–Crippen LogP) is 4.49. The highest BCUT2D eigenvalue weighted by molar-refractivity contribution is 7.17. The van der Waals surface area contributed by atoms with Gasteiger partial charge in [-0.15, -0.1) is 11.3 Å². The van der Waals surface area contributed by atoms with Crippen LogP contribution in [0, 0.1) is 0 Å². The minimum Gasteiger partial charge on any atom is -0.486 e. The highest BCUT2D eigenvalue weighted by Gasteiger charge is 2.26. The van der Waals surface area contributed by atoms with Crippen LogP contribution in [0.5, 0.6) is 5.75 Å². The summed E-state index contributed by atoms with van der Waals surface area (Å²) in [7, 11) is 0. The molecule has 1 atom stereocenters. The molecule has 1 aliphatic rings. The molecule has 0 radical (unpaired) electrons. The van der Waals surface area contributed by atoms with Gasteiger partial charge in [0.05, 0.1) is 16.4 Å². The van der Waals surface area contributed by atoms with Crippen molar-refractivity contribution >= 4 is 34.6 Å². The maximum atomic E-state index is 11.6. The number of hydrogen-bond acceptors (Lipinski definition) is 4. The Labute approximate surface area is 156 Å². The van der Waals surface area contributed by atoms with Crippen LogP contribution < -0.4 is 10.1 Å². The summed E-state index contributed by atoms with van der Waals surface area (Å²) in [6.07, 6.45) is 1.97. The summed E-state index contributed by atoms with van der Waals surface area (Å²) in [5.74, 6) is 0.808. The molecule has 1 unspecified atom stereocenters. The van der Waals surface area contributed by atoms with Crippen molar-refractivity contribution in [3.8, 4) is 16.2 Å². The Kier molecular flexibility index (Phi) is 5.45. The van der Waals surface area contributed by atoms with Gasteiger partial charge in [0, 0.05) is 23.3 Å². The molecule has 0 bridgehead atoms. The average molecular weight is 378 g/mol. The van der Waals surface area contributed by atoms with Crippen molar-refractivity contribution in [3.05, 3.63) is 39.7 Å². The van der Waals surface area contributed by atoms with Crippen LogP contribution in [0.3, 0.4) is 0 Å². The number of rotatable bonds is 6. The van der Waals surface area contributed by atoms with E-state index in [9.17, 15) is 9.59 Å². The smallest absolute Gasteiger partial charge is 0.220 e. The Hall–Kier alpha value is -1.85. The molecule has 0 saturated carbocycles. The lowest BCUT2D eigenvalue weighted by Crippen LogP contribution is -2.34. The zero-order chi connectivity index (χ0) is 18.0. The second-order valence-corrected chi connectivity index (χ2v) is 7.66. The number of Topliss-reactive ketones (excluding diaryl/α,β-unsaturated/α-hetero) is 1.